The van der Waals surface area contributed by atoms with E-state index in [4.69, 9.17) is 14.3 Å². The van der Waals surface area contributed by atoms with E-state index in [1.54, 1.807) is 0 Å². The van der Waals surface area contributed by atoms with Crippen LogP contribution >= 0.6 is 7.82 Å². The number of phosphoric ester groups is 1. The number of hydrogen-bond donors (Lipinski definition) is 2. The number of benzene rings is 2. The van der Waals surface area contributed by atoms with Crippen LogP contribution in [0.25, 0.3) is 0 Å². The molecular weight excluding hydrogens is 323 g/mol. The maximum Gasteiger partial charge on any atom is 0.469 e. The fourth-order valence-corrected chi connectivity index (χ4v) is 4.20. The van der Waals surface area contributed by atoms with Crippen LogP contribution in [0.15, 0.2) is 60.7 Å². The van der Waals surface area contributed by atoms with Crippen LogP contribution < -0.4 is 0 Å². The van der Waals surface area contributed by atoms with E-state index in [2.05, 4.69) is 48.5 Å². The van der Waals surface area contributed by atoms with Crippen molar-refractivity contribution in [3.63, 3.8) is 0 Å². The minimum atomic E-state index is -4.38. The Labute approximate surface area is 142 Å². The fraction of sp³-hybridized carbons (Fsp3) is 0.368. The van der Waals surface area contributed by atoms with Crippen LogP contribution in [0.4, 0.5) is 0 Å². The van der Waals surface area contributed by atoms with Gasteiger partial charge in [0.15, 0.2) is 0 Å². The highest BCUT2D eigenvalue weighted by Gasteiger charge is 2.38. The molecule has 2 aromatic rings. The lowest BCUT2D eigenvalue weighted by atomic mass is 9.63. The first-order valence-electron chi connectivity index (χ1n) is 8.31. The van der Waals surface area contributed by atoms with Crippen molar-refractivity contribution in [3.05, 3.63) is 71.8 Å². The van der Waals surface area contributed by atoms with Crippen LogP contribution in [0.5, 0.6) is 0 Å². The van der Waals surface area contributed by atoms with Crippen LogP contribution in [0.3, 0.4) is 0 Å². The number of hydrogen-bond acceptors (Lipinski definition) is 2. The molecule has 0 amide bonds. The summed E-state index contributed by atoms with van der Waals surface area (Å²) in [5, 5.41) is 0. The van der Waals surface area contributed by atoms with E-state index >= 15 is 0 Å². The second-order valence-corrected chi connectivity index (χ2v) is 7.78. The number of phosphoric acid groups is 1. The van der Waals surface area contributed by atoms with Crippen LogP contribution in [0.1, 0.15) is 36.8 Å². The van der Waals surface area contributed by atoms with Crippen molar-refractivity contribution in [2.45, 2.75) is 31.1 Å². The highest BCUT2D eigenvalue weighted by Crippen LogP contribution is 2.47. The van der Waals surface area contributed by atoms with Gasteiger partial charge >= 0.3 is 7.82 Å². The van der Waals surface area contributed by atoms with Gasteiger partial charge in [0.05, 0.1) is 6.61 Å². The average Bonchev–Trinajstić information content (AvgIpc) is 2.61. The molecule has 2 aromatic carbocycles. The van der Waals surface area contributed by atoms with Crippen molar-refractivity contribution in [1.82, 2.24) is 0 Å². The molecule has 3 rings (SSSR count). The van der Waals surface area contributed by atoms with Gasteiger partial charge in [-0.05, 0) is 42.7 Å². The third kappa shape index (κ3) is 3.96. The molecule has 0 aromatic heterocycles. The molecule has 1 saturated carbocycles. The van der Waals surface area contributed by atoms with Gasteiger partial charge in [-0.15, -0.1) is 0 Å². The first kappa shape index (κ1) is 17.4. The van der Waals surface area contributed by atoms with Crippen LogP contribution in [-0.2, 0) is 14.5 Å². The summed E-state index contributed by atoms with van der Waals surface area (Å²) in [6.07, 6.45) is 3.69. The molecule has 0 bridgehead atoms. The first-order chi connectivity index (χ1) is 11.5. The van der Waals surface area contributed by atoms with Crippen LogP contribution in [0, 0.1) is 5.92 Å². The molecule has 0 atom stereocenters. The topological polar surface area (TPSA) is 66.8 Å². The summed E-state index contributed by atoms with van der Waals surface area (Å²) in [5.74, 6) is 0.193. The Morgan fingerprint density at radius 1 is 0.917 bits per heavy atom. The molecule has 24 heavy (non-hydrogen) atoms. The normalized spacial score (nSPS) is 18.4. The SMILES string of the molecule is O=P(O)(O)OCC1CCC(c2ccccc2)(c2ccccc2)CC1. The standard InChI is InChI=1S/C19H23O4P/c20-24(21,22)23-15-16-11-13-19(14-12-16,17-7-3-1-4-8-17)18-9-5-2-6-10-18/h1-10,16H,11-15H2,(H2,20,21,22). The number of rotatable bonds is 5. The summed E-state index contributed by atoms with van der Waals surface area (Å²) in [6, 6.07) is 21.1. The Bertz CT molecular complexity index is 646. The lowest BCUT2D eigenvalue weighted by molar-refractivity contribution is 0.137. The molecule has 1 aliphatic carbocycles. The third-order valence-corrected chi connectivity index (χ3v) is 5.58. The Hall–Kier alpha value is -1.45. The molecule has 1 fully saturated rings. The summed E-state index contributed by atoms with van der Waals surface area (Å²) in [4.78, 5) is 17.8. The molecular formula is C19H23O4P. The van der Waals surface area contributed by atoms with Crippen molar-refractivity contribution in [2.24, 2.45) is 5.92 Å². The Morgan fingerprint density at radius 3 is 1.79 bits per heavy atom. The maximum absolute atomic E-state index is 10.9. The summed E-state index contributed by atoms with van der Waals surface area (Å²) >= 11 is 0. The second kappa shape index (κ2) is 7.20. The minimum Gasteiger partial charge on any atom is -0.303 e. The zero-order valence-electron chi connectivity index (χ0n) is 13.5. The van der Waals surface area contributed by atoms with Gasteiger partial charge in [0.1, 0.15) is 0 Å². The van der Waals surface area contributed by atoms with Gasteiger partial charge in [0, 0.05) is 5.41 Å². The average molecular weight is 346 g/mol. The van der Waals surface area contributed by atoms with E-state index in [-0.39, 0.29) is 17.9 Å². The van der Waals surface area contributed by atoms with Crippen molar-refractivity contribution >= 4 is 7.82 Å². The lowest BCUT2D eigenvalue weighted by Crippen LogP contribution is -2.34. The van der Waals surface area contributed by atoms with Gasteiger partial charge in [0.25, 0.3) is 0 Å². The molecule has 0 saturated heterocycles. The monoisotopic (exact) mass is 346 g/mol. The molecule has 4 nitrogen and oxygen atoms in total. The largest absolute Gasteiger partial charge is 0.469 e. The van der Waals surface area contributed by atoms with Crippen molar-refractivity contribution in [1.29, 1.82) is 0 Å². The van der Waals surface area contributed by atoms with Crippen molar-refractivity contribution in [3.8, 4) is 0 Å². The zero-order chi connectivity index (χ0) is 17.0. The lowest BCUT2D eigenvalue weighted by Gasteiger charge is -2.41. The van der Waals surface area contributed by atoms with E-state index in [1.165, 1.54) is 11.1 Å². The van der Waals surface area contributed by atoms with Gasteiger partial charge in [-0.1, -0.05) is 60.7 Å². The Morgan fingerprint density at radius 2 is 1.38 bits per heavy atom. The van der Waals surface area contributed by atoms with E-state index in [9.17, 15) is 4.57 Å². The summed E-state index contributed by atoms with van der Waals surface area (Å²) in [6.45, 7) is 0.129. The van der Waals surface area contributed by atoms with Gasteiger partial charge in [-0.3, -0.25) is 4.52 Å². The molecule has 128 valence electrons. The van der Waals surface area contributed by atoms with Crippen LogP contribution in [0.2, 0.25) is 0 Å². The summed E-state index contributed by atoms with van der Waals surface area (Å²) in [7, 11) is -4.38. The smallest absolute Gasteiger partial charge is 0.303 e. The molecule has 0 radical (unpaired) electrons. The van der Waals surface area contributed by atoms with Gasteiger partial charge in [-0.25, -0.2) is 4.57 Å². The molecule has 0 unspecified atom stereocenters. The van der Waals surface area contributed by atoms with E-state index in [0.717, 1.165) is 25.7 Å². The molecule has 0 spiro atoms. The molecule has 2 N–H and O–H groups in total. The van der Waals surface area contributed by atoms with Crippen molar-refractivity contribution in [2.75, 3.05) is 6.61 Å². The van der Waals surface area contributed by atoms with Crippen LogP contribution in [-0.4, -0.2) is 16.4 Å². The maximum atomic E-state index is 10.9. The van der Waals surface area contributed by atoms with E-state index in [1.807, 2.05) is 12.1 Å². The van der Waals surface area contributed by atoms with Gasteiger partial charge < -0.3 is 9.79 Å². The highest BCUT2D eigenvalue weighted by atomic mass is 31.2. The molecule has 5 heteroatoms. The van der Waals surface area contributed by atoms with E-state index < -0.39 is 7.82 Å². The minimum absolute atomic E-state index is 0.0266. The quantitative estimate of drug-likeness (QED) is 0.794. The third-order valence-electron chi connectivity index (χ3n) is 5.09. The summed E-state index contributed by atoms with van der Waals surface area (Å²) in [5.41, 5.74) is 2.59. The summed E-state index contributed by atoms with van der Waals surface area (Å²) < 4.78 is 15.6. The molecule has 0 aliphatic heterocycles. The Balaban J connectivity index is 1.81. The zero-order valence-corrected chi connectivity index (χ0v) is 14.4. The van der Waals surface area contributed by atoms with E-state index in [0.29, 0.717) is 0 Å². The Kier molecular flexibility index (Phi) is 5.21. The molecule has 1 aliphatic rings. The van der Waals surface area contributed by atoms with Gasteiger partial charge in [0.2, 0.25) is 0 Å². The van der Waals surface area contributed by atoms with Crippen molar-refractivity contribution < 1.29 is 18.9 Å². The predicted octanol–water partition coefficient (Wildman–Crippen LogP) is 4.27. The molecule has 0 heterocycles. The first-order valence-corrected chi connectivity index (χ1v) is 9.84. The van der Waals surface area contributed by atoms with Gasteiger partial charge in [-0.2, -0.15) is 0 Å². The highest BCUT2D eigenvalue weighted by molar-refractivity contribution is 7.46. The predicted molar refractivity (Wildman–Crippen MR) is 93.6 cm³/mol. The fourth-order valence-electron chi connectivity index (χ4n) is 3.80. The second-order valence-electron chi connectivity index (χ2n) is 6.54.